The van der Waals surface area contributed by atoms with Crippen molar-refractivity contribution in [1.82, 2.24) is 0 Å². The van der Waals surface area contributed by atoms with E-state index in [4.69, 9.17) is 0 Å². The van der Waals surface area contributed by atoms with Crippen LogP contribution in [0.15, 0.2) is 0 Å². The Morgan fingerprint density at radius 2 is 0.769 bits per heavy atom. The first-order valence-corrected chi connectivity index (χ1v) is 14.6. The predicted octanol–water partition coefficient (Wildman–Crippen LogP) is 6.54. The summed E-state index contributed by atoms with van der Waals surface area (Å²) in [5.74, 6) is 1.59. The second-order valence-electron chi connectivity index (χ2n) is 7.33. The molecule has 0 fully saturated rings. The Morgan fingerprint density at radius 1 is 0.500 bits per heavy atom. The third kappa shape index (κ3) is 20.0. The smallest absolute Gasteiger partial charge is 0.277 e. The van der Waals surface area contributed by atoms with Gasteiger partial charge in [0.2, 0.25) is 0 Å². The predicted molar refractivity (Wildman–Crippen MR) is 116 cm³/mol. The van der Waals surface area contributed by atoms with E-state index in [-0.39, 0.29) is 19.5 Å². The molecule has 0 aromatic carbocycles. The second kappa shape index (κ2) is 21.0. The van der Waals surface area contributed by atoms with Crippen LogP contribution in [0.25, 0.3) is 0 Å². The van der Waals surface area contributed by atoms with Crippen molar-refractivity contribution in [2.75, 3.05) is 11.5 Å². The zero-order valence-electron chi connectivity index (χ0n) is 17.6. The molecule has 0 spiro atoms. The molecule has 0 heterocycles. The minimum Gasteiger partial charge on any atom is -0.329 e. The van der Waals surface area contributed by atoms with Gasteiger partial charge in [0.25, 0.3) is 6.72 Å². The van der Waals surface area contributed by atoms with E-state index in [0.717, 1.165) is 37.2 Å². The first kappa shape index (κ1) is 29.5. The minimum atomic E-state index is -3.64. The van der Waals surface area contributed by atoms with Gasteiger partial charge in [0.15, 0.2) is 0 Å². The van der Waals surface area contributed by atoms with Crippen LogP contribution in [0.4, 0.5) is 0 Å². The molecule has 0 unspecified atom stereocenters. The van der Waals surface area contributed by atoms with Gasteiger partial charge in [0.1, 0.15) is 0 Å². The Morgan fingerprint density at radius 3 is 1.04 bits per heavy atom. The van der Waals surface area contributed by atoms with Crippen molar-refractivity contribution in [3.8, 4) is 0 Å². The summed E-state index contributed by atoms with van der Waals surface area (Å²) in [6.45, 7) is 0.836. The normalized spacial score (nSPS) is 11.8. The van der Waals surface area contributed by atoms with E-state index < -0.39 is 16.8 Å². The number of hydrogen-bond acceptors (Lipinski definition) is 0. The fourth-order valence-electron chi connectivity index (χ4n) is 3.15. The van der Waals surface area contributed by atoms with Crippen LogP contribution in [-0.2, 0) is 29.6 Å². The topological polar surface area (TPSA) is 60.7 Å². The van der Waals surface area contributed by atoms with Crippen molar-refractivity contribution < 1.29 is 34.2 Å². The second-order valence-corrected chi connectivity index (χ2v) is 13.1. The van der Waals surface area contributed by atoms with Gasteiger partial charge in [0, 0.05) is 19.5 Å². The average Bonchev–Trinajstić information content (AvgIpc) is 2.56. The molecule has 0 amide bonds. The molecule has 0 saturated heterocycles. The molecule has 0 atom stereocenters. The minimum absolute atomic E-state index is 0. The van der Waals surface area contributed by atoms with E-state index >= 15 is 0 Å². The van der Waals surface area contributed by atoms with Gasteiger partial charge in [-0.25, -0.2) is 0 Å². The summed E-state index contributed by atoms with van der Waals surface area (Å²) in [4.78, 5) is 29.1. The van der Waals surface area contributed by atoms with Gasteiger partial charge in [-0.05, 0) is 24.3 Å². The van der Waals surface area contributed by atoms with Crippen molar-refractivity contribution in [2.24, 2.45) is 0 Å². The molecule has 0 bridgehead atoms. The molecule has 26 heavy (non-hydrogen) atoms. The fourth-order valence-corrected chi connectivity index (χ4v) is 7.17. The molecule has 0 aromatic heterocycles. The molecule has 0 aliphatic rings. The van der Waals surface area contributed by atoms with Gasteiger partial charge < -0.3 is 14.7 Å². The molecule has 3 N–H and O–H groups in total. The zero-order valence-corrected chi connectivity index (χ0v) is 22.3. The Bertz CT molecular complexity index is 318. The van der Waals surface area contributed by atoms with Crippen LogP contribution in [-0.4, -0.2) is 26.2 Å². The van der Waals surface area contributed by atoms with Crippen LogP contribution in [0.1, 0.15) is 117 Å². The van der Waals surface area contributed by atoms with Crippen LogP contribution in [0, 0.1) is 0 Å². The van der Waals surface area contributed by atoms with Crippen LogP contribution >= 0.6 is 6.72 Å². The van der Waals surface area contributed by atoms with E-state index in [9.17, 15) is 14.7 Å². The van der Waals surface area contributed by atoms with Gasteiger partial charge >= 0.3 is 0 Å². The molecule has 0 aliphatic heterocycles. The maximum absolute atomic E-state index is 9.71. The fraction of sp³-hybridized carbons (Fsp3) is 1.00. The van der Waals surface area contributed by atoms with Gasteiger partial charge in [0.05, 0.1) is 0 Å². The zero-order chi connectivity index (χ0) is 18.8. The van der Waals surface area contributed by atoms with Crippen molar-refractivity contribution >= 4 is 16.8 Å². The van der Waals surface area contributed by atoms with Crippen molar-refractivity contribution in [2.45, 2.75) is 117 Å². The van der Waals surface area contributed by atoms with E-state index in [0.29, 0.717) is 0 Å². The van der Waals surface area contributed by atoms with Gasteiger partial charge in [-0.1, -0.05) is 104 Å². The first-order valence-electron chi connectivity index (χ1n) is 10.8. The molecule has 156 valence electrons. The molecule has 0 rings (SSSR count). The maximum Gasteiger partial charge on any atom is 0.277 e. The quantitative estimate of drug-likeness (QED) is 0.123. The van der Waals surface area contributed by atoms with Crippen LogP contribution in [0.3, 0.4) is 0 Å². The Kier molecular flexibility index (Phi) is 23.8. The molecule has 0 saturated carbocycles. The summed E-state index contributed by atoms with van der Waals surface area (Å²) in [7, 11) is -0.584. The van der Waals surface area contributed by atoms with E-state index in [1.54, 1.807) is 0 Å². The summed E-state index contributed by atoms with van der Waals surface area (Å²) < 4.78 is 0. The Balaban J connectivity index is 0. The number of hydrogen-bond donors (Lipinski definition) is 3. The third-order valence-corrected chi connectivity index (χ3v) is 10.2. The molecular formula is C20H45O3PSZn. The van der Waals surface area contributed by atoms with E-state index in [1.165, 1.54) is 77.0 Å². The summed E-state index contributed by atoms with van der Waals surface area (Å²) in [6.07, 6.45) is 20.1. The molecular weight excluding hydrogens is 417 g/mol. The summed E-state index contributed by atoms with van der Waals surface area (Å²) in [6, 6.07) is 0. The van der Waals surface area contributed by atoms with E-state index in [1.807, 2.05) is 0 Å². The summed E-state index contributed by atoms with van der Waals surface area (Å²) in [5, 5.41) is 0. The summed E-state index contributed by atoms with van der Waals surface area (Å²) in [5.41, 5.74) is 0. The van der Waals surface area contributed by atoms with Crippen LogP contribution < -0.4 is 0 Å². The standard InChI is InChI=1S/C20H45O3PS.Zn/c1-3-5-7-9-11-13-15-17-19-25(24(21,22)23)20-18-16-14-12-10-8-6-4-2;/h21-23H,3-20H2,1-2H3;. The van der Waals surface area contributed by atoms with Gasteiger partial charge in [-0.2, -0.15) is 0 Å². The van der Waals surface area contributed by atoms with E-state index in [2.05, 4.69) is 13.8 Å². The molecule has 3 nitrogen and oxygen atoms in total. The van der Waals surface area contributed by atoms with Crippen molar-refractivity contribution in [3.63, 3.8) is 0 Å². The largest absolute Gasteiger partial charge is 0.329 e. The van der Waals surface area contributed by atoms with Gasteiger partial charge in [-0.15, -0.1) is 10.1 Å². The number of unbranched alkanes of at least 4 members (excludes halogenated alkanes) is 14. The molecule has 0 aliphatic carbocycles. The first-order chi connectivity index (χ1) is 12.0. The molecule has 0 aromatic rings. The third-order valence-electron chi connectivity index (χ3n) is 4.81. The SMILES string of the molecule is CCCCCCCCCCS(CCCCCCCCCC)=P(O)(O)O.[Zn]. The Hall–Kier alpha value is 1.28. The monoisotopic (exact) mass is 460 g/mol. The van der Waals surface area contributed by atoms with Crippen molar-refractivity contribution in [1.29, 1.82) is 0 Å². The molecule has 6 heteroatoms. The van der Waals surface area contributed by atoms with Crippen LogP contribution in [0.5, 0.6) is 0 Å². The maximum atomic E-state index is 9.71. The Labute approximate surface area is 178 Å². The van der Waals surface area contributed by atoms with Crippen molar-refractivity contribution in [3.05, 3.63) is 0 Å². The van der Waals surface area contributed by atoms with Crippen LogP contribution in [0.2, 0.25) is 0 Å². The number of rotatable bonds is 18. The average molecular weight is 462 g/mol. The van der Waals surface area contributed by atoms with Gasteiger partial charge in [-0.3, -0.25) is 0 Å². The molecule has 0 radical (unpaired) electrons. The summed E-state index contributed by atoms with van der Waals surface area (Å²) >= 11 is 0.